The van der Waals surface area contributed by atoms with E-state index in [4.69, 9.17) is 4.74 Å². The summed E-state index contributed by atoms with van der Waals surface area (Å²) in [4.78, 5) is 41.1. The van der Waals surface area contributed by atoms with E-state index in [9.17, 15) is 14.9 Å². The van der Waals surface area contributed by atoms with E-state index in [1.54, 1.807) is 19.2 Å². The molecule has 0 saturated carbocycles. The van der Waals surface area contributed by atoms with Gasteiger partial charge in [0, 0.05) is 30.6 Å². The molecule has 10 heteroatoms. The second-order valence-corrected chi connectivity index (χ2v) is 8.64. The summed E-state index contributed by atoms with van der Waals surface area (Å²) < 4.78 is 5.24. The number of aromatic nitrogens is 3. The number of esters is 1. The van der Waals surface area contributed by atoms with Crippen LogP contribution in [0.3, 0.4) is 0 Å². The number of carbonyl (C=O) groups is 1. The Bertz CT molecular complexity index is 1550. The predicted octanol–water partition coefficient (Wildman–Crippen LogP) is 5.11. The van der Waals surface area contributed by atoms with Gasteiger partial charge in [0.2, 0.25) is 5.95 Å². The molecule has 0 radical (unpaired) electrons. The molecular formula is C28H24N6O4. The van der Waals surface area contributed by atoms with Crippen LogP contribution in [0.2, 0.25) is 0 Å². The van der Waals surface area contributed by atoms with E-state index in [0.717, 1.165) is 16.3 Å². The highest BCUT2D eigenvalue weighted by molar-refractivity contribution is 5.97. The first-order valence-electron chi connectivity index (χ1n) is 12.1. The molecule has 4 aromatic rings. The summed E-state index contributed by atoms with van der Waals surface area (Å²) in [5, 5.41) is 16.3. The molecule has 0 aliphatic carbocycles. The van der Waals surface area contributed by atoms with Crippen molar-refractivity contribution in [3.63, 3.8) is 0 Å². The zero-order valence-corrected chi connectivity index (χ0v) is 20.6. The minimum absolute atomic E-state index is 0.0794. The second-order valence-electron chi connectivity index (χ2n) is 8.64. The Morgan fingerprint density at radius 3 is 2.63 bits per heavy atom. The number of carbonyl (C=O) groups excluding carboxylic acids is 1. The van der Waals surface area contributed by atoms with Crippen LogP contribution in [0.4, 0.5) is 11.6 Å². The van der Waals surface area contributed by atoms with Crippen molar-refractivity contribution < 1.29 is 14.5 Å². The van der Waals surface area contributed by atoms with Crippen LogP contribution in [0.25, 0.3) is 22.0 Å². The highest BCUT2D eigenvalue weighted by Crippen LogP contribution is 2.33. The SMILES string of the molecule is CCOC(=O)c1cnc(NCCC2(c3ccc([N+](=O)[O-])cn3)C=CC=N2)nc1-c1ccc2ccccc2c1. The molecule has 1 N–H and O–H groups in total. The fourth-order valence-corrected chi connectivity index (χ4v) is 4.35. The van der Waals surface area contributed by atoms with E-state index in [1.165, 1.54) is 18.5 Å². The van der Waals surface area contributed by atoms with Gasteiger partial charge in [-0.2, -0.15) is 0 Å². The van der Waals surface area contributed by atoms with Crippen LogP contribution in [0, 0.1) is 10.1 Å². The summed E-state index contributed by atoms with van der Waals surface area (Å²) in [6, 6.07) is 16.9. The van der Waals surface area contributed by atoms with Crippen LogP contribution in [0.1, 0.15) is 29.4 Å². The minimum Gasteiger partial charge on any atom is -0.462 e. The summed E-state index contributed by atoms with van der Waals surface area (Å²) in [6.45, 7) is 2.42. The van der Waals surface area contributed by atoms with Gasteiger partial charge in [-0.05, 0) is 48.4 Å². The highest BCUT2D eigenvalue weighted by atomic mass is 16.6. The lowest BCUT2D eigenvalue weighted by atomic mass is 9.92. The summed E-state index contributed by atoms with van der Waals surface area (Å²) >= 11 is 0. The fraction of sp³-hybridized carbons (Fsp3) is 0.179. The average molecular weight is 509 g/mol. The number of ether oxygens (including phenoxy) is 1. The van der Waals surface area contributed by atoms with Gasteiger partial charge in [-0.1, -0.05) is 36.4 Å². The van der Waals surface area contributed by atoms with Crippen LogP contribution in [-0.2, 0) is 10.3 Å². The van der Waals surface area contributed by atoms with Gasteiger partial charge in [-0.15, -0.1) is 0 Å². The zero-order chi connectivity index (χ0) is 26.5. The Morgan fingerprint density at radius 2 is 1.92 bits per heavy atom. The number of hydrogen-bond donors (Lipinski definition) is 1. The number of benzene rings is 2. The number of nitro groups is 1. The molecule has 0 saturated heterocycles. The molecule has 1 atom stereocenters. The van der Waals surface area contributed by atoms with Crippen molar-refractivity contribution in [1.29, 1.82) is 0 Å². The second kappa shape index (κ2) is 10.6. The maximum absolute atomic E-state index is 12.7. The van der Waals surface area contributed by atoms with Crippen molar-refractivity contribution >= 4 is 34.6 Å². The van der Waals surface area contributed by atoms with Crippen molar-refractivity contribution in [2.75, 3.05) is 18.5 Å². The molecule has 38 heavy (non-hydrogen) atoms. The van der Waals surface area contributed by atoms with Gasteiger partial charge in [0.1, 0.15) is 17.3 Å². The molecule has 2 aromatic heterocycles. The smallest absolute Gasteiger partial charge is 0.341 e. The predicted molar refractivity (Wildman–Crippen MR) is 144 cm³/mol. The van der Waals surface area contributed by atoms with Crippen molar-refractivity contribution in [2.45, 2.75) is 18.9 Å². The first-order chi connectivity index (χ1) is 18.5. The summed E-state index contributed by atoms with van der Waals surface area (Å²) in [6.07, 6.45) is 8.63. The number of hydrogen-bond acceptors (Lipinski definition) is 9. The van der Waals surface area contributed by atoms with Gasteiger partial charge >= 0.3 is 5.97 Å². The number of nitrogens with zero attached hydrogens (tertiary/aromatic N) is 5. The molecule has 0 bridgehead atoms. The van der Waals surface area contributed by atoms with Crippen molar-refractivity contribution in [2.24, 2.45) is 4.99 Å². The average Bonchev–Trinajstić information content (AvgIpc) is 3.43. The Balaban J connectivity index is 1.40. The molecule has 2 aromatic carbocycles. The minimum atomic E-state index is -0.756. The van der Waals surface area contributed by atoms with Crippen LogP contribution >= 0.6 is 0 Å². The highest BCUT2D eigenvalue weighted by Gasteiger charge is 2.32. The Labute approximate surface area is 218 Å². The quantitative estimate of drug-likeness (QED) is 0.187. The van der Waals surface area contributed by atoms with Gasteiger partial charge in [0.15, 0.2) is 0 Å². The number of nitrogens with one attached hydrogen (secondary N) is 1. The fourth-order valence-electron chi connectivity index (χ4n) is 4.35. The van der Waals surface area contributed by atoms with E-state index < -0.39 is 16.4 Å². The van der Waals surface area contributed by atoms with E-state index in [1.807, 2.05) is 54.6 Å². The molecule has 0 fully saturated rings. The first-order valence-corrected chi connectivity index (χ1v) is 12.1. The molecule has 3 heterocycles. The largest absolute Gasteiger partial charge is 0.462 e. The van der Waals surface area contributed by atoms with E-state index in [2.05, 4.69) is 25.3 Å². The lowest BCUT2D eigenvalue weighted by molar-refractivity contribution is -0.385. The maximum Gasteiger partial charge on any atom is 0.341 e. The third kappa shape index (κ3) is 4.96. The molecule has 1 aliphatic heterocycles. The van der Waals surface area contributed by atoms with Crippen LogP contribution in [0.15, 0.2) is 84.1 Å². The lowest BCUT2D eigenvalue weighted by Gasteiger charge is -2.23. The van der Waals surface area contributed by atoms with Crippen LogP contribution < -0.4 is 5.32 Å². The molecule has 1 unspecified atom stereocenters. The topological polar surface area (TPSA) is 132 Å². The van der Waals surface area contributed by atoms with Crippen LogP contribution in [0.5, 0.6) is 0 Å². The molecule has 10 nitrogen and oxygen atoms in total. The first kappa shape index (κ1) is 24.7. The number of rotatable bonds is 9. The van der Waals surface area contributed by atoms with E-state index in [-0.39, 0.29) is 17.9 Å². The molecule has 0 amide bonds. The third-order valence-electron chi connectivity index (χ3n) is 6.26. The Hall–Kier alpha value is -4.99. The number of allylic oxidation sites excluding steroid dienone is 1. The maximum atomic E-state index is 12.7. The Kier molecular flexibility index (Phi) is 6.86. The van der Waals surface area contributed by atoms with Crippen molar-refractivity contribution in [3.05, 3.63) is 101 Å². The van der Waals surface area contributed by atoms with Gasteiger partial charge in [0.25, 0.3) is 5.69 Å². The number of fused-ring (bicyclic) bond motifs is 1. The lowest BCUT2D eigenvalue weighted by Crippen LogP contribution is -2.25. The van der Waals surface area contributed by atoms with Crippen molar-refractivity contribution in [1.82, 2.24) is 15.0 Å². The number of pyridine rings is 1. The van der Waals surface area contributed by atoms with Gasteiger partial charge in [0.05, 0.1) is 22.9 Å². The number of anilines is 1. The number of aliphatic imine (C=N–C) groups is 1. The molecule has 1 aliphatic rings. The zero-order valence-electron chi connectivity index (χ0n) is 20.6. The summed E-state index contributed by atoms with van der Waals surface area (Å²) in [5.74, 6) is -0.144. The third-order valence-corrected chi connectivity index (χ3v) is 6.26. The van der Waals surface area contributed by atoms with E-state index >= 15 is 0 Å². The molecule has 190 valence electrons. The van der Waals surface area contributed by atoms with Crippen LogP contribution in [-0.4, -0.2) is 45.2 Å². The summed E-state index contributed by atoms with van der Waals surface area (Å²) in [7, 11) is 0. The van der Waals surface area contributed by atoms with Gasteiger partial charge in [-0.25, -0.2) is 14.8 Å². The normalized spacial score (nSPS) is 16.0. The molecule has 0 spiro atoms. The van der Waals surface area contributed by atoms with Gasteiger partial charge < -0.3 is 10.1 Å². The standard InChI is InChI=1S/C28H24N6O4/c1-2-38-26(35)23-18-31-27(33-25(23)21-9-8-19-6-3-4-7-20(19)16-21)29-15-13-28(12-5-14-32-28)24-11-10-22(17-30-24)34(36)37/h3-12,14,16-18H,2,13,15H2,1H3,(H,29,31,33). The molecular weight excluding hydrogens is 484 g/mol. The van der Waals surface area contributed by atoms with Gasteiger partial charge in [-0.3, -0.25) is 20.1 Å². The van der Waals surface area contributed by atoms with E-state index in [0.29, 0.717) is 30.3 Å². The summed E-state index contributed by atoms with van der Waals surface area (Å²) in [5.41, 5.74) is 1.29. The molecule has 5 rings (SSSR count). The monoisotopic (exact) mass is 508 g/mol. The Morgan fingerprint density at radius 1 is 1.08 bits per heavy atom. The van der Waals surface area contributed by atoms with Crippen molar-refractivity contribution in [3.8, 4) is 11.3 Å².